The van der Waals surface area contributed by atoms with Crippen LogP contribution in [0.15, 0.2) is 48.8 Å². The van der Waals surface area contributed by atoms with Crippen LogP contribution in [0.25, 0.3) is 0 Å². The van der Waals surface area contributed by atoms with Crippen molar-refractivity contribution in [1.82, 2.24) is 14.9 Å². The summed E-state index contributed by atoms with van der Waals surface area (Å²) in [7, 11) is 0. The number of carboxylic acids is 1. The number of hydrogen-bond acceptors (Lipinski definition) is 4. The Bertz CT molecular complexity index is 519. The van der Waals surface area contributed by atoms with Gasteiger partial charge in [0.05, 0.1) is 11.4 Å². The van der Waals surface area contributed by atoms with E-state index in [-0.39, 0.29) is 0 Å². The molecule has 5 heteroatoms. The fourth-order valence-corrected chi connectivity index (χ4v) is 2.26. The summed E-state index contributed by atoms with van der Waals surface area (Å²) in [6, 6.07) is 10.8. The maximum atomic E-state index is 11.5. The van der Waals surface area contributed by atoms with Gasteiger partial charge >= 0.3 is 5.97 Å². The fourth-order valence-electron chi connectivity index (χ4n) is 2.26. The minimum Gasteiger partial charge on any atom is -0.480 e. The molecule has 2 rings (SSSR count). The third-order valence-electron chi connectivity index (χ3n) is 3.30. The first-order chi connectivity index (χ1) is 10.2. The Hall–Kier alpha value is -2.27. The van der Waals surface area contributed by atoms with Gasteiger partial charge in [0.15, 0.2) is 0 Å². The number of rotatable bonds is 7. The Morgan fingerprint density at radius 3 is 1.95 bits per heavy atom. The average Bonchev–Trinajstić information content (AvgIpc) is 2.49. The van der Waals surface area contributed by atoms with Gasteiger partial charge in [-0.15, -0.1) is 0 Å². The van der Waals surface area contributed by atoms with Crippen LogP contribution in [0, 0.1) is 0 Å². The van der Waals surface area contributed by atoms with E-state index in [1.165, 1.54) is 0 Å². The van der Waals surface area contributed by atoms with Crippen molar-refractivity contribution in [2.75, 3.05) is 0 Å². The molecule has 0 amide bonds. The number of aromatic nitrogens is 2. The van der Waals surface area contributed by atoms with Gasteiger partial charge in [-0.2, -0.15) is 0 Å². The lowest BCUT2D eigenvalue weighted by Gasteiger charge is -2.27. The Balaban J connectivity index is 2.19. The van der Waals surface area contributed by atoms with E-state index in [4.69, 9.17) is 0 Å². The molecule has 0 fully saturated rings. The van der Waals surface area contributed by atoms with E-state index in [0.29, 0.717) is 19.5 Å². The molecule has 0 radical (unpaired) electrons. The molecule has 2 aromatic rings. The first-order valence-electron chi connectivity index (χ1n) is 6.97. The van der Waals surface area contributed by atoms with E-state index in [9.17, 15) is 9.90 Å². The molecule has 2 aromatic heterocycles. The van der Waals surface area contributed by atoms with Crippen LogP contribution in [0.5, 0.6) is 0 Å². The lowest BCUT2D eigenvalue weighted by Crippen LogP contribution is -2.40. The number of pyridine rings is 2. The molecule has 0 aliphatic rings. The summed E-state index contributed by atoms with van der Waals surface area (Å²) >= 11 is 0. The smallest absolute Gasteiger partial charge is 0.320 e. The molecule has 0 aromatic carbocycles. The van der Waals surface area contributed by atoms with Crippen LogP contribution < -0.4 is 0 Å². The Morgan fingerprint density at radius 1 is 1.10 bits per heavy atom. The van der Waals surface area contributed by atoms with E-state index in [1.54, 1.807) is 12.4 Å². The molecule has 0 saturated heterocycles. The third-order valence-corrected chi connectivity index (χ3v) is 3.30. The minimum atomic E-state index is -0.815. The number of carbonyl (C=O) groups is 1. The number of carboxylic acid groups (broad SMARTS) is 1. The molecule has 21 heavy (non-hydrogen) atoms. The predicted molar refractivity (Wildman–Crippen MR) is 79.4 cm³/mol. The first kappa shape index (κ1) is 15.1. The maximum absolute atomic E-state index is 11.5. The van der Waals surface area contributed by atoms with Crippen molar-refractivity contribution >= 4 is 5.97 Å². The zero-order valence-corrected chi connectivity index (χ0v) is 12.0. The summed E-state index contributed by atoms with van der Waals surface area (Å²) in [5.74, 6) is -0.815. The molecule has 0 bridgehead atoms. The highest BCUT2D eigenvalue weighted by molar-refractivity contribution is 5.73. The van der Waals surface area contributed by atoms with Gasteiger partial charge in [-0.25, -0.2) is 0 Å². The first-order valence-corrected chi connectivity index (χ1v) is 6.97. The van der Waals surface area contributed by atoms with Crippen molar-refractivity contribution in [3.63, 3.8) is 0 Å². The summed E-state index contributed by atoms with van der Waals surface area (Å²) in [6.07, 6.45) is 3.97. The molecule has 0 spiro atoms. The van der Waals surface area contributed by atoms with Gasteiger partial charge in [0.1, 0.15) is 6.04 Å². The molecule has 1 atom stereocenters. The van der Waals surface area contributed by atoms with Crippen LogP contribution in [0.2, 0.25) is 0 Å². The van der Waals surface area contributed by atoms with Gasteiger partial charge in [-0.1, -0.05) is 19.1 Å². The topological polar surface area (TPSA) is 66.3 Å². The van der Waals surface area contributed by atoms with Gasteiger partial charge in [0.2, 0.25) is 0 Å². The second-order valence-electron chi connectivity index (χ2n) is 4.81. The molecular formula is C16H19N3O2. The molecule has 0 aliphatic heterocycles. The second kappa shape index (κ2) is 7.50. The van der Waals surface area contributed by atoms with Crippen LogP contribution >= 0.6 is 0 Å². The van der Waals surface area contributed by atoms with Crippen LogP contribution in [-0.4, -0.2) is 32.0 Å². The van der Waals surface area contributed by atoms with Gasteiger partial charge in [-0.3, -0.25) is 19.7 Å². The van der Waals surface area contributed by atoms with E-state index in [2.05, 4.69) is 9.97 Å². The van der Waals surface area contributed by atoms with E-state index in [1.807, 2.05) is 48.2 Å². The summed E-state index contributed by atoms with van der Waals surface area (Å²) in [4.78, 5) is 21.9. The summed E-state index contributed by atoms with van der Waals surface area (Å²) in [5, 5.41) is 9.42. The highest BCUT2D eigenvalue weighted by atomic mass is 16.4. The van der Waals surface area contributed by atoms with Crippen LogP contribution in [-0.2, 0) is 17.9 Å². The fraction of sp³-hybridized carbons (Fsp3) is 0.312. The standard InChI is InChI=1S/C16H19N3O2/c1-2-15(16(20)21)19(11-13-7-3-5-9-17-13)12-14-8-4-6-10-18-14/h3-10,15H,2,11-12H2,1H3,(H,20,21). The molecule has 0 saturated carbocycles. The molecule has 0 aliphatic carbocycles. The van der Waals surface area contributed by atoms with Crippen LogP contribution in [0.3, 0.4) is 0 Å². The van der Waals surface area contributed by atoms with Gasteiger partial charge in [0.25, 0.3) is 0 Å². The van der Waals surface area contributed by atoms with Crippen molar-refractivity contribution in [3.8, 4) is 0 Å². The molecule has 1 N–H and O–H groups in total. The highest BCUT2D eigenvalue weighted by Crippen LogP contribution is 2.13. The van der Waals surface area contributed by atoms with E-state index >= 15 is 0 Å². The highest BCUT2D eigenvalue weighted by Gasteiger charge is 2.24. The molecule has 110 valence electrons. The summed E-state index contributed by atoms with van der Waals surface area (Å²) in [6.45, 7) is 2.85. The average molecular weight is 285 g/mol. The summed E-state index contributed by atoms with van der Waals surface area (Å²) in [5.41, 5.74) is 1.71. The van der Waals surface area contributed by atoms with Crippen molar-refractivity contribution < 1.29 is 9.90 Å². The monoisotopic (exact) mass is 285 g/mol. The maximum Gasteiger partial charge on any atom is 0.320 e. The van der Waals surface area contributed by atoms with Crippen LogP contribution in [0.1, 0.15) is 24.7 Å². The predicted octanol–water partition coefficient (Wildman–Crippen LogP) is 2.34. The zero-order valence-electron chi connectivity index (χ0n) is 12.0. The number of nitrogens with zero attached hydrogens (tertiary/aromatic N) is 3. The lowest BCUT2D eigenvalue weighted by atomic mass is 10.1. The van der Waals surface area contributed by atoms with E-state index in [0.717, 1.165) is 11.4 Å². The van der Waals surface area contributed by atoms with Crippen molar-refractivity contribution in [2.24, 2.45) is 0 Å². The van der Waals surface area contributed by atoms with Gasteiger partial charge in [-0.05, 0) is 30.7 Å². The second-order valence-corrected chi connectivity index (χ2v) is 4.81. The molecular weight excluding hydrogens is 266 g/mol. The SMILES string of the molecule is CCC(C(=O)O)N(Cc1ccccn1)Cc1ccccn1. The normalized spacial score (nSPS) is 12.3. The van der Waals surface area contributed by atoms with Crippen molar-refractivity contribution in [2.45, 2.75) is 32.5 Å². The Labute approximate surface area is 124 Å². The quantitative estimate of drug-likeness (QED) is 0.845. The largest absolute Gasteiger partial charge is 0.480 e. The molecule has 1 unspecified atom stereocenters. The van der Waals surface area contributed by atoms with Gasteiger partial charge < -0.3 is 5.11 Å². The lowest BCUT2D eigenvalue weighted by molar-refractivity contribution is -0.144. The van der Waals surface area contributed by atoms with E-state index < -0.39 is 12.0 Å². The molecule has 2 heterocycles. The Morgan fingerprint density at radius 2 is 1.62 bits per heavy atom. The minimum absolute atomic E-state index is 0.488. The van der Waals surface area contributed by atoms with Gasteiger partial charge in [0, 0.05) is 25.5 Å². The Kier molecular flexibility index (Phi) is 5.40. The van der Waals surface area contributed by atoms with Crippen molar-refractivity contribution in [3.05, 3.63) is 60.2 Å². The third kappa shape index (κ3) is 4.36. The van der Waals surface area contributed by atoms with Crippen LogP contribution in [0.4, 0.5) is 0 Å². The summed E-state index contributed by atoms with van der Waals surface area (Å²) < 4.78 is 0. The van der Waals surface area contributed by atoms with Crippen molar-refractivity contribution in [1.29, 1.82) is 0 Å². The molecule has 5 nitrogen and oxygen atoms in total. The number of hydrogen-bond donors (Lipinski definition) is 1. The number of aliphatic carboxylic acids is 1. The zero-order chi connectivity index (χ0) is 15.1.